The Hall–Kier alpha value is -3.12. The van der Waals surface area contributed by atoms with Gasteiger partial charge in [-0.15, -0.1) is 0 Å². The van der Waals surface area contributed by atoms with E-state index in [4.69, 9.17) is 4.74 Å². The van der Waals surface area contributed by atoms with Gasteiger partial charge in [0.25, 0.3) is 0 Å². The highest BCUT2D eigenvalue weighted by Gasteiger charge is 2.20. The smallest absolute Gasteiger partial charge is 0.307 e. The predicted octanol–water partition coefficient (Wildman–Crippen LogP) is 5.14. The van der Waals surface area contributed by atoms with Gasteiger partial charge in [0, 0.05) is 0 Å². The van der Waals surface area contributed by atoms with E-state index in [9.17, 15) is 10.1 Å². The van der Waals surface area contributed by atoms with E-state index in [-0.39, 0.29) is 12.4 Å². The highest BCUT2D eigenvalue weighted by Crippen LogP contribution is 2.38. The molecular weight excluding hydrogens is 310 g/mol. The molecule has 4 aromatic rings. The quantitative estimate of drug-likeness (QED) is 0.385. The summed E-state index contributed by atoms with van der Waals surface area (Å²) in [4.78, 5) is 11.9. The molecule has 0 bridgehead atoms. The fourth-order valence-corrected chi connectivity index (χ4v) is 3.67. The van der Waals surface area contributed by atoms with E-state index in [0.29, 0.717) is 6.61 Å². The van der Waals surface area contributed by atoms with Gasteiger partial charge in [-0.05, 0) is 44.8 Å². The van der Waals surface area contributed by atoms with Gasteiger partial charge < -0.3 is 4.74 Å². The molecule has 3 nitrogen and oxygen atoms in total. The predicted molar refractivity (Wildman–Crippen MR) is 99.8 cm³/mol. The van der Waals surface area contributed by atoms with Crippen LogP contribution in [0, 0.1) is 11.3 Å². The van der Waals surface area contributed by atoms with Gasteiger partial charge >= 0.3 is 5.97 Å². The summed E-state index contributed by atoms with van der Waals surface area (Å²) in [5.74, 6) is -0.844. The summed E-state index contributed by atoms with van der Waals surface area (Å²) >= 11 is 0. The van der Waals surface area contributed by atoms with Crippen molar-refractivity contribution < 1.29 is 9.53 Å². The molecule has 0 radical (unpaired) electrons. The fraction of sp³-hybridized carbons (Fsp3) is 0.182. The maximum absolute atomic E-state index is 11.9. The molecule has 0 aliphatic rings. The number of esters is 1. The molecule has 0 aromatic heterocycles. The van der Waals surface area contributed by atoms with Crippen LogP contribution in [0.2, 0.25) is 0 Å². The highest BCUT2D eigenvalue weighted by molar-refractivity contribution is 6.23. The van der Waals surface area contributed by atoms with E-state index in [1.165, 1.54) is 16.2 Å². The van der Waals surface area contributed by atoms with Gasteiger partial charge in [0.2, 0.25) is 0 Å². The summed E-state index contributed by atoms with van der Waals surface area (Å²) in [6.07, 6.45) is 0.0777. The molecule has 0 spiro atoms. The van der Waals surface area contributed by atoms with Gasteiger partial charge in [0.15, 0.2) is 0 Å². The van der Waals surface area contributed by atoms with E-state index in [2.05, 4.69) is 48.5 Å². The molecule has 4 aromatic carbocycles. The van der Waals surface area contributed by atoms with Crippen LogP contribution in [0.5, 0.6) is 0 Å². The summed E-state index contributed by atoms with van der Waals surface area (Å²) in [5.41, 5.74) is 0.890. The number of benzene rings is 4. The number of hydrogen-bond donors (Lipinski definition) is 0. The van der Waals surface area contributed by atoms with Gasteiger partial charge in [0.1, 0.15) is 0 Å². The normalized spacial score (nSPS) is 12.5. The molecule has 3 heteroatoms. The summed E-state index contributed by atoms with van der Waals surface area (Å²) in [6, 6.07) is 21.0. The maximum Gasteiger partial charge on any atom is 0.307 e. The van der Waals surface area contributed by atoms with Crippen molar-refractivity contribution in [2.24, 2.45) is 0 Å². The fourth-order valence-electron chi connectivity index (χ4n) is 3.67. The molecular formula is C22H17NO2. The lowest BCUT2D eigenvalue weighted by atomic mass is 9.87. The SMILES string of the molecule is CCOC(=O)CC(C#N)c1ccc2ccc3cccc4ccc1c2c34. The van der Waals surface area contributed by atoms with Crippen LogP contribution >= 0.6 is 0 Å². The van der Waals surface area contributed by atoms with Crippen molar-refractivity contribution in [3.8, 4) is 6.07 Å². The van der Waals surface area contributed by atoms with Crippen molar-refractivity contribution >= 4 is 38.3 Å². The Morgan fingerprint density at radius 3 is 2.32 bits per heavy atom. The lowest BCUT2D eigenvalue weighted by Gasteiger charge is -2.16. The van der Waals surface area contributed by atoms with Gasteiger partial charge in [-0.2, -0.15) is 5.26 Å². The van der Waals surface area contributed by atoms with Crippen LogP contribution in [0.1, 0.15) is 24.8 Å². The van der Waals surface area contributed by atoms with E-state index in [1.54, 1.807) is 6.92 Å². The number of rotatable bonds is 4. The molecule has 0 N–H and O–H groups in total. The summed E-state index contributed by atoms with van der Waals surface area (Å²) in [7, 11) is 0. The van der Waals surface area contributed by atoms with Crippen LogP contribution in [-0.4, -0.2) is 12.6 Å². The Morgan fingerprint density at radius 1 is 1.00 bits per heavy atom. The number of nitriles is 1. The second kappa shape index (κ2) is 6.07. The van der Waals surface area contributed by atoms with E-state index >= 15 is 0 Å². The Morgan fingerprint density at radius 2 is 1.64 bits per heavy atom. The largest absolute Gasteiger partial charge is 0.466 e. The number of hydrogen-bond acceptors (Lipinski definition) is 3. The molecule has 4 rings (SSSR count). The van der Waals surface area contributed by atoms with Crippen LogP contribution in [0.25, 0.3) is 32.3 Å². The van der Waals surface area contributed by atoms with Gasteiger partial charge in [-0.25, -0.2) is 0 Å². The third kappa shape index (κ3) is 2.47. The minimum atomic E-state index is -0.511. The number of carbonyl (C=O) groups is 1. The van der Waals surface area contributed by atoms with E-state index in [0.717, 1.165) is 21.7 Å². The van der Waals surface area contributed by atoms with Crippen molar-refractivity contribution in [1.82, 2.24) is 0 Å². The van der Waals surface area contributed by atoms with Crippen molar-refractivity contribution in [1.29, 1.82) is 5.26 Å². The zero-order chi connectivity index (χ0) is 17.4. The second-order valence-corrected chi connectivity index (χ2v) is 6.20. The highest BCUT2D eigenvalue weighted by atomic mass is 16.5. The van der Waals surface area contributed by atoms with Crippen LogP contribution in [0.3, 0.4) is 0 Å². The van der Waals surface area contributed by atoms with Crippen LogP contribution in [0.15, 0.2) is 54.6 Å². The van der Waals surface area contributed by atoms with Crippen molar-refractivity contribution in [3.63, 3.8) is 0 Å². The van der Waals surface area contributed by atoms with Crippen molar-refractivity contribution in [3.05, 3.63) is 60.2 Å². The maximum atomic E-state index is 11.9. The topological polar surface area (TPSA) is 50.1 Å². The average molecular weight is 327 g/mol. The van der Waals surface area contributed by atoms with Gasteiger partial charge in [-0.1, -0.05) is 54.6 Å². The summed E-state index contributed by atoms with van der Waals surface area (Å²) in [5, 5.41) is 16.6. The molecule has 0 aliphatic heterocycles. The first-order chi connectivity index (χ1) is 12.2. The first kappa shape index (κ1) is 15.4. The third-order valence-corrected chi connectivity index (χ3v) is 4.77. The summed E-state index contributed by atoms with van der Waals surface area (Å²) < 4.78 is 5.03. The molecule has 0 saturated carbocycles. The first-order valence-corrected chi connectivity index (χ1v) is 8.44. The zero-order valence-corrected chi connectivity index (χ0v) is 14.0. The monoisotopic (exact) mass is 327 g/mol. The van der Waals surface area contributed by atoms with Crippen molar-refractivity contribution in [2.75, 3.05) is 6.61 Å². The molecule has 0 aliphatic carbocycles. The molecule has 25 heavy (non-hydrogen) atoms. The van der Waals surface area contributed by atoms with E-state index < -0.39 is 5.92 Å². The average Bonchev–Trinajstić information content (AvgIpc) is 2.64. The van der Waals surface area contributed by atoms with Crippen LogP contribution < -0.4 is 0 Å². The second-order valence-electron chi connectivity index (χ2n) is 6.20. The van der Waals surface area contributed by atoms with Gasteiger partial charge in [0.05, 0.1) is 25.0 Å². The Kier molecular flexibility index (Phi) is 3.74. The molecule has 0 amide bonds. The first-order valence-electron chi connectivity index (χ1n) is 8.44. The third-order valence-electron chi connectivity index (χ3n) is 4.77. The Labute approximate surface area is 145 Å². The summed E-state index contributed by atoms with van der Waals surface area (Å²) in [6.45, 7) is 2.10. The number of nitrogens with zero attached hydrogens (tertiary/aromatic N) is 1. The van der Waals surface area contributed by atoms with E-state index in [1.807, 2.05) is 12.1 Å². The molecule has 122 valence electrons. The standard InChI is InChI=1S/C22H17NO2/c1-2-25-20(24)12-17(13-23)18-10-8-16-7-6-14-4-3-5-15-9-11-19(18)22(16)21(14)15/h3-11,17H,2,12H2,1H3. The molecule has 0 heterocycles. The minimum absolute atomic E-state index is 0.0777. The molecule has 1 unspecified atom stereocenters. The lowest BCUT2D eigenvalue weighted by Crippen LogP contribution is -2.09. The number of carbonyl (C=O) groups excluding carboxylic acids is 1. The lowest BCUT2D eigenvalue weighted by molar-refractivity contribution is -0.143. The molecule has 0 fully saturated rings. The Balaban J connectivity index is 1.96. The van der Waals surface area contributed by atoms with Gasteiger partial charge in [-0.3, -0.25) is 4.79 Å². The Bertz CT molecular complexity index is 1110. The van der Waals surface area contributed by atoms with Crippen molar-refractivity contribution in [2.45, 2.75) is 19.3 Å². The van der Waals surface area contributed by atoms with Crippen LogP contribution in [0.4, 0.5) is 0 Å². The number of ether oxygens (including phenoxy) is 1. The van der Waals surface area contributed by atoms with Crippen LogP contribution in [-0.2, 0) is 9.53 Å². The molecule has 1 atom stereocenters. The zero-order valence-electron chi connectivity index (χ0n) is 14.0. The molecule has 0 saturated heterocycles. The minimum Gasteiger partial charge on any atom is -0.466 e.